The van der Waals surface area contributed by atoms with Crippen molar-refractivity contribution in [2.75, 3.05) is 12.3 Å². The summed E-state index contributed by atoms with van der Waals surface area (Å²) < 4.78 is 5.37. The summed E-state index contributed by atoms with van der Waals surface area (Å²) in [6.07, 6.45) is 0.792. The van der Waals surface area contributed by atoms with E-state index in [-0.39, 0.29) is 5.54 Å². The number of hydrogen-bond acceptors (Lipinski definition) is 6. The molecule has 0 spiro atoms. The molecule has 0 saturated carbocycles. The van der Waals surface area contributed by atoms with E-state index in [0.29, 0.717) is 15.7 Å². The van der Waals surface area contributed by atoms with Crippen LogP contribution >= 0.6 is 23.5 Å². The van der Waals surface area contributed by atoms with Crippen LogP contribution in [0, 0.1) is 0 Å². The van der Waals surface area contributed by atoms with Crippen molar-refractivity contribution in [1.82, 2.24) is 15.5 Å². The van der Waals surface area contributed by atoms with Crippen LogP contribution in [0.25, 0.3) is 0 Å². The van der Waals surface area contributed by atoms with Crippen molar-refractivity contribution >= 4 is 23.5 Å². The average Bonchev–Trinajstić information content (AvgIpc) is 2.80. The highest BCUT2D eigenvalue weighted by atomic mass is 32.2. The van der Waals surface area contributed by atoms with Crippen LogP contribution in [0.1, 0.15) is 51.6 Å². The number of thioether (sulfide) groups is 2. The van der Waals surface area contributed by atoms with Gasteiger partial charge < -0.3 is 9.84 Å². The molecule has 1 aromatic heterocycles. The zero-order chi connectivity index (χ0) is 14.8. The lowest BCUT2D eigenvalue weighted by molar-refractivity contribution is 0.358. The van der Waals surface area contributed by atoms with Gasteiger partial charge in [-0.1, -0.05) is 19.0 Å². The van der Waals surface area contributed by atoms with Crippen LogP contribution in [0.15, 0.2) is 4.52 Å². The lowest BCUT2D eigenvalue weighted by atomic mass is 10.1. The van der Waals surface area contributed by atoms with Gasteiger partial charge in [-0.05, 0) is 20.8 Å². The minimum Gasteiger partial charge on any atom is -0.339 e. The molecular formula is C14H25N3OS2. The molecule has 20 heavy (non-hydrogen) atoms. The summed E-state index contributed by atoms with van der Waals surface area (Å²) in [5.74, 6) is 2.69. The Morgan fingerprint density at radius 2 is 2.05 bits per heavy atom. The molecule has 1 aromatic rings. The Kier molecular flexibility index (Phi) is 5.42. The molecule has 2 heterocycles. The molecule has 3 atom stereocenters. The van der Waals surface area contributed by atoms with E-state index in [2.05, 4.69) is 50.1 Å². The molecule has 3 unspecified atom stereocenters. The largest absolute Gasteiger partial charge is 0.339 e. The quantitative estimate of drug-likeness (QED) is 0.920. The first-order valence-corrected chi connectivity index (χ1v) is 9.19. The van der Waals surface area contributed by atoms with Gasteiger partial charge in [-0.2, -0.15) is 16.7 Å². The summed E-state index contributed by atoms with van der Waals surface area (Å²) in [4.78, 5) is 4.56. The summed E-state index contributed by atoms with van der Waals surface area (Å²) in [6.45, 7) is 11.9. The molecule has 1 saturated heterocycles. The van der Waals surface area contributed by atoms with Crippen LogP contribution in [-0.2, 0) is 6.42 Å². The summed E-state index contributed by atoms with van der Waals surface area (Å²) in [5.41, 5.74) is 0.129. The Hall–Kier alpha value is -0.200. The highest BCUT2D eigenvalue weighted by Crippen LogP contribution is 2.43. The number of nitrogens with one attached hydrogen (secondary N) is 1. The monoisotopic (exact) mass is 315 g/mol. The van der Waals surface area contributed by atoms with E-state index >= 15 is 0 Å². The Morgan fingerprint density at radius 1 is 1.30 bits per heavy atom. The fraction of sp³-hybridized carbons (Fsp3) is 0.857. The zero-order valence-corrected chi connectivity index (χ0v) is 14.6. The molecule has 0 amide bonds. The van der Waals surface area contributed by atoms with E-state index in [1.807, 2.05) is 23.5 Å². The molecule has 0 aliphatic carbocycles. The first kappa shape index (κ1) is 16.2. The molecule has 6 heteroatoms. The van der Waals surface area contributed by atoms with Gasteiger partial charge in [-0.3, -0.25) is 0 Å². The highest BCUT2D eigenvalue weighted by Gasteiger charge is 2.29. The minimum absolute atomic E-state index is 0.129. The van der Waals surface area contributed by atoms with Crippen molar-refractivity contribution in [2.24, 2.45) is 0 Å². The van der Waals surface area contributed by atoms with Gasteiger partial charge in [0.05, 0.1) is 5.25 Å². The third-order valence-electron chi connectivity index (χ3n) is 3.32. The molecular weight excluding hydrogens is 290 g/mol. The molecule has 1 aliphatic rings. The normalized spacial score (nSPS) is 27.8. The first-order chi connectivity index (χ1) is 9.35. The topological polar surface area (TPSA) is 51.0 Å². The van der Waals surface area contributed by atoms with E-state index in [1.165, 1.54) is 0 Å². The summed E-state index contributed by atoms with van der Waals surface area (Å²) >= 11 is 3.97. The highest BCUT2D eigenvalue weighted by molar-refractivity contribution is 8.07. The number of nitrogens with zero attached hydrogens (tertiary/aromatic N) is 2. The second kappa shape index (κ2) is 6.71. The molecule has 0 aromatic carbocycles. The smallest absolute Gasteiger partial charge is 0.227 e. The Morgan fingerprint density at radius 3 is 2.70 bits per heavy atom. The van der Waals surface area contributed by atoms with Crippen molar-refractivity contribution in [3.05, 3.63) is 11.7 Å². The predicted molar refractivity (Wildman–Crippen MR) is 87.5 cm³/mol. The summed E-state index contributed by atoms with van der Waals surface area (Å²) in [7, 11) is 0. The zero-order valence-electron chi connectivity index (χ0n) is 13.0. The van der Waals surface area contributed by atoms with Crippen LogP contribution in [0.3, 0.4) is 0 Å². The molecule has 114 valence electrons. The molecule has 1 aliphatic heterocycles. The maximum absolute atomic E-state index is 5.37. The third kappa shape index (κ3) is 4.67. The fourth-order valence-corrected chi connectivity index (χ4v) is 4.80. The number of hydrogen-bond donors (Lipinski definition) is 1. The van der Waals surface area contributed by atoms with Gasteiger partial charge in [-0.15, -0.1) is 11.8 Å². The van der Waals surface area contributed by atoms with Gasteiger partial charge in [0.15, 0.2) is 5.82 Å². The number of aromatic nitrogens is 2. The SMILES string of the molecule is CC1SCC(c2noc(CCNC(C)(C)C)n2)SC1C. The van der Waals surface area contributed by atoms with Crippen LogP contribution in [-0.4, -0.2) is 38.5 Å². The molecule has 0 bridgehead atoms. The minimum atomic E-state index is 0.129. The van der Waals surface area contributed by atoms with Crippen molar-refractivity contribution in [2.45, 2.75) is 62.3 Å². The summed E-state index contributed by atoms with van der Waals surface area (Å²) in [5, 5.41) is 9.32. The fourth-order valence-electron chi connectivity index (χ4n) is 1.96. The van der Waals surface area contributed by atoms with E-state index < -0.39 is 0 Å². The van der Waals surface area contributed by atoms with E-state index in [0.717, 1.165) is 30.4 Å². The third-order valence-corrected chi connectivity index (χ3v) is 6.70. The molecule has 1 N–H and O–H groups in total. The standard InChI is InChI=1S/C14H25N3OS2/c1-9-10(2)20-11(8-19-9)13-16-12(18-17-13)6-7-15-14(3,4)5/h9-11,15H,6-8H2,1-5H3. The van der Waals surface area contributed by atoms with Gasteiger partial charge in [0.1, 0.15) is 0 Å². The van der Waals surface area contributed by atoms with E-state index in [4.69, 9.17) is 4.52 Å². The van der Waals surface area contributed by atoms with E-state index in [9.17, 15) is 0 Å². The molecule has 2 rings (SSSR count). The van der Waals surface area contributed by atoms with Gasteiger partial charge in [-0.25, -0.2) is 0 Å². The molecule has 0 radical (unpaired) electrons. The lowest BCUT2D eigenvalue weighted by Crippen LogP contribution is -2.37. The van der Waals surface area contributed by atoms with Crippen LogP contribution in [0.4, 0.5) is 0 Å². The van der Waals surface area contributed by atoms with E-state index in [1.54, 1.807) is 0 Å². The van der Waals surface area contributed by atoms with Gasteiger partial charge >= 0.3 is 0 Å². The van der Waals surface area contributed by atoms with Crippen molar-refractivity contribution in [3.8, 4) is 0 Å². The molecule has 4 nitrogen and oxygen atoms in total. The van der Waals surface area contributed by atoms with Crippen molar-refractivity contribution < 1.29 is 4.52 Å². The van der Waals surface area contributed by atoms with Gasteiger partial charge in [0.25, 0.3) is 0 Å². The Balaban J connectivity index is 1.86. The van der Waals surface area contributed by atoms with Gasteiger partial charge in [0.2, 0.25) is 5.89 Å². The van der Waals surface area contributed by atoms with Crippen LogP contribution in [0.2, 0.25) is 0 Å². The van der Waals surface area contributed by atoms with Crippen molar-refractivity contribution in [3.63, 3.8) is 0 Å². The van der Waals surface area contributed by atoms with Crippen LogP contribution < -0.4 is 5.32 Å². The maximum atomic E-state index is 5.37. The molecule has 1 fully saturated rings. The first-order valence-electron chi connectivity index (χ1n) is 7.20. The van der Waals surface area contributed by atoms with Crippen LogP contribution in [0.5, 0.6) is 0 Å². The second-order valence-electron chi connectivity index (χ2n) is 6.34. The Labute approximate surface area is 130 Å². The predicted octanol–water partition coefficient (Wildman–Crippen LogP) is 3.30. The second-order valence-corrected chi connectivity index (χ2v) is 9.34. The average molecular weight is 316 g/mol. The lowest BCUT2D eigenvalue weighted by Gasteiger charge is -2.29. The number of rotatable bonds is 4. The van der Waals surface area contributed by atoms with Gasteiger partial charge in [0, 0.05) is 34.8 Å². The maximum Gasteiger partial charge on any atom is 0.227 e. The van der Waals surface area contributed by atoms with Crippen molar-refractivity contribution in [1.29, 1.82) is 0 Å². The Bertz CT molecular complexity index is 430. The summed E-state index contributed by atoms with van der Waals surface area (Å²) in [6, 6.07) is 0.